The van der Waals surface area contributed by atoms with Crippen molar-refractivity contribution in [2.24, 2.45) is 5.92 Å². The van der Waals surface area contributed by atoms with E-state index < -0.39 is 0 Å². The molecule has 2 unspecified atom stereocenters. The number of hydrogen-bond donors (Lipinski definition) is 1. The van der Waals surface area contributed by atoms with Crippen LogP contribution in [0.4, 0.5) is 5.95 Å². The summed E-state index contributed by atoms with van der Waals surface area (Å²) in [6.07, 6.45) is 3.89. The minimum absolute atomic E-state index is 0.561. The fraction of sp³-hybridized carbons (Fsp3) is 0.667. The van der Waals surface area contributed by atoms with E-state index in [0.717, 1.165) is 23.3 Å². The van der Waals surface area contributed by atoms with Gasteiger partial charge >= 0.3 is 0 Å². The third-order valence-corrected chi connectivity index (χ3v) is 3.16. The normalized spacial score (nSPS) is 25.5. The van der Waals surface area contributed by atoms with Crippen molar-refractivity contribution in [3.8, 4) is 0 Å². The van der Waals surface area contributed by atoms with Crippen LogP contribution in [0.25, 0.3) is 0 Å². The van der Waals surface area contributed by atoms with Crippen molar-refractivity contribution >= 4 is 5.95 Å². The van der Waals surface area contributed by atoms with Crippen LogP contribution in [-0.4, -0.2) is 16.0 Å². The maximum absolute atomic E-state index is 4.41. The highest BCUT2D eigenvalue weighted by atomic mass is 15.1. The standard InChI is InChI=1S/C12H19N3/c1-8-5-4-6-11(8)15-12-13-9(2)7-10(3)14-12/h7-8,11H,4-6H2,1-3H3,(H,13,14,15). The molecule has 0 spiro atoms. The molecule has 1 fully saturated rings. The molecule has 15 heavy (non-hydrogen) atoms. The zero-order valence-electron chi connectivity index (χ0n) is 9.75. The molecule has 0 saturated heterocycles. The monoisotopic (exact) mass is 205 g/mol. The Kier molecular flexibility index (Phi) is 2.89. The van der Waals surface area contributed by atoms with Crippen molar-refractivity contribution < 1.29 is 0 Å². The number of nitrogens with one attached hydrogen (secondary N) is 1. The summed E-state index contributed by atoms with van der Waals surface area (Å²) in [4.78, 5) is 8.82. The SMILES string of the molecule is Cc1cc(C)nc(NC2CCCC2C)n1. The van der Waals surface area contributed by atoms with Gasteiger partial charge < -0.3 is 5.32 Å². The van der Waals surface area contributed by atoms with Crippen molar-refractivity contribution in [1.29, 1.82) is 0 Å². The molecule has 3 heteroatoms. The van der Waals surface area contributed by atoms with E-state index in [-0.39, 0.29) is 0 Å². The first kappa shape index (κ1) is 10.4. The van der Waals surface area contributed by atoms with Crippen molar-refractivity contribution in [1.82, 2.24) is 9.97 Å². The van der Waals surface area contributed by atoms with E-state index in [1.165, 1.54) is 19.3 Å². The van der Waals surface area contributed by atoms with Crippen LogP contribution in [0, 0.1) is 19.8 Å². The molecule has 0 amide bonds. The molecule has 1 aromatic rings. The van der Waals surface area contributed by atoms with Crippen LogP contribution < -0.4 is 5.32 Å². The molecule has 1 saturated carbocycles. The van der Waals surface area contributed by atoms with Crippen LogP contribution in [0.1, 0.15) is 37.6 Å². The second-order valence-corrected chi connectivity index (χ2v) is 4.63. The second-order valence-electron chi connectivity index (χ2n) is 4.63. The summed E-state index contributed by atoms with van der Waals surface area (Å²) in [5.74, 6) is 1.54. The van der Waals surface area contributed by atoms with Crippen LogP contribution in [0.2, 0.25) is 0 Å². The van der Waals surface area contributed by atoms with Gasteiger partial charge in [0.2, 0.25) is 5.95 Å². The Bertz CT molecular complexity index is 328. The Labute approximate surface area is 91.3 Å². The minimum atomic E-state index is 0.561. The fourth-order valence-corrected chi connectivity index (χ4v) is 2.32. The highest BCUT2D eigenvalue weighted by Crippen LogP contribution is 2.27. The average Bonchev–Trinajstić information content (AvgIpc) is 2.50. The van der Waals surface area contributed by atoms with Gasteiger partial charge in [-0.05, 0) is 38.7 Å². The largest absolute Gasteiger partial charge is 0.351 e. The highest BCUT2D eigenvalue weighted by molar-refractivity contribution is 5.29. The number of hydrogen-bond acceptors (Lipinski definition) is 3. The highest BCUT2D eigenvalue weighted by Gasteiger charge is 2.23. The van der Waals surface area contributed by atoms with Gasteiger partial charge in [0.15, 0.2) is 0 Å². The first-order chi connectivity index (χ1) is 7.15. The molecular formula is C12H19N3. The Morgan fingerprint density at radius 3 is 2.40 bits per heavy atom. The first-order valence-electron chi connectivity index (χ1n) is 5.74. The van der Waals surface area contributed by atoms with Crippen LogP contribution in [0.15, 0.2) is 6.07 Å². The second kappa shape index (κ2) is 4.17. The summed E-state index contributed by atoms with van der Waals surface area (Å²) in [6, 6.07) is 2.56. The van der Waals surface area contributed by atoms with Gasteiger partial charge in [-0.2, -0.15) is 0 Å². The van der Waals surface area contributed by atoms with Gasteiger partial charge in [0.05, 0.1) is 0 Å². The molecule has 0 bridgehead atoms. The van der Waals surface area contributed by atoms with Gasteiger partial charge in [0.25, 0.3) is 0 Å². The van der Waals surface area contributed by atoms with Crippen molar-refractivity contribution in [2.45, 2.75) is 46.1 Å². The number of nitrogens with zero attached hydrogens (tertiary/aromatic N) is 2. The lowest BCUT2D eigenvalue weighted by molar-refractivity contribution is 0.552. The molecule has 82 valence electrons. The van der Waals surface area contributed by atoms with Gasteiger partial charge in [-0.3, -0.25) is 0 Å². The number of aryl methyl sites for hydroxylation is 2. The maximum Gasteiger partial charge on any atom is 0.223 e. The van der Waals surface area contributed by atoms with E-state index in [9.17, 15) is 0 Å². The zero-order valence-corrected chi connectivity index (χ0v) is 9.75. The van der Waals surface area contributed by atoms with E-state index in [1.807, 2.05) is 19.9 Å². The molecular weight excluding hydrogens is 186 g/mol. The van der Waals surface area contributed by atoms with Crippen molar-refractivity contribution in [2.75, 3.05) is 5.32 Å². The Morgan fingerprint density at radius 1 is 1.20 bits per heavy atom. The molecule has 1 heterocycles. The third kappa shape index (κ3) is 2.46. The summed E-state index contributed by atoms with van der Waals surface area (Å²) in [7, 11) is 0. The van der Waals surface area contributed by atoms with Gasteiger partial charge in [0.1, 0.15) is 0 Å². The molecule has 1 aliphatic carbocycles. The smallest absolute Gasteiger partial charge is 0.223 e. The van der Waals surface area contributed by atoms with Gasteiger partial charge in [0, 0.05) is 17.4 Å². The van der Waals surface area contributed by atoms with Crippen LogP contribution in [0.3, 0.4) is 0 Å². The molecule has 0 aromatic carbocycles. The predicted molar refractivity (Wildman–Crippen MR) is 61.9 cm³/mol. The Hall–Kier alpha value is -1.12. The van der Waals surface area contributed by atoms with Gasteiger partial charge in [-0.15, -0.1) is 0 Å². The number of rotatable bonds is 2. The lowest BCUT2D eigenvalue weighted by Crippen LogP contribution is -2.23. The number of anilines is 1. The fourth-order valence-electron chi connectivity index (χ4n) is 2.32. The van der Waals surface area contributed by atoms with Crippen LogP contribution in [0.5, 0.6) is 0 Å². The van der Waals surface area contributed by atoms with Gasteiger partial charge in [-0.25, -0.2) is 9.97 Å². The molecule has 1 aliphatic rings. The molecule has 0 radical (unpaired) electrons. The summed E-state index contributed by atoms with van der Waals surface area (Å²) in [5, 5.41) is 3.45. The minimum Gasteiger partial charge on any atom is -0.351 e. The van der Waals surface area contributed by atoms with E-state index >= 15 is 0 Å². The average molecular weight is 205 g/mol. The molecule has 2 atom stereocenters. The first-order valence-corrected chi connectivity index (χ1v) is 5.74. The van der Waals surface area contributed by atoms with Crippen LogP contribution in [-0.2, 0) is 0 Å². The summed E-state index contributed by atoms with van der Waals surface area (Å²) in [6.45, 7) is 6.32. The third-order valence-electron chi connectivity index (χ3n) is 3.16. The Balaban J connectivity index is 2.10. The maximum atomic E-state index is 4.41. The summed E-state index contributed by atoms with van der Waals surface area (Å²) in [5.41, 5.74) is 2.08. The summed E-state index contributed by atoms with van der Waals surface area (Å²) >= 11 is 0. The summed E-state index contributed by atoms with van der Waals surface area (Å²) < 4.78 is 0. The van der Waals surface area contributed by atoms with E-state index in [2.05, 4.69) is 22.2 Å². The van der Waals surface area contributed by atoms with E-state index in [4.69, 9.17) is 0 Å². The molecule has 2 rings (SSSR count). The predicted octanol–water partition coefficient (Wildman–Crippen LogP) is 2.69. The van der Waals surface area contributed by atoms with E-state index in [0.29, 0.717) is 6.04 Å². The topological polar surface area (TPSA) is 37.8 Å². The van der Waals surface area contributed by atoms with Crippen molar-refractivity contribution in [3.05, 3.63) is 17.5 Å². The molecule has 1 N–H and O–H groups in total. The van der Waals surface area contributed by atoms with Gasteiger partial charge in [-0.1, -0.05) is 13.3 Å². The van der Waals surface area contributed by atoms with Crippen LogP contribution >= 0.6 is 0 Å². The van der Waals surface area contributed by atoms with Crippen molar-refractivity contribution in [3.63, 3.8) is 0 Å². The molecule has 0 aliphatic heterocycles. The lowest BCUT2D eigenvalue weighted by atomic mass is 10.1. The molecule has 1 aromatic heterocycles. The quantitative estimate of drug-likeness (QED) is 0.806. The number of aromatic nitrogens is 2. The molecule has 3 nitrogen and oxygen atoms in total. The Morgan fingerprint density at radius 2 is 1.87 bits per heavy atom. The lowest BCUT2D eigenvalue weighted by Gasteiger charge is -2.17. The van der Waals surface area contributed by atoms with E-state index in [1.54, 1.807) is 0 Å². The zero-order chi connectivity index (χ0) is 10.8.